The Kier molecular flexibility index (Phi) is 4.36. The van der Waals surface area contributed by atoms with Crippen molar-refractivity contribution in [2.24, 2.45) is 4.99 Å². The predicted octanol–water partition coefficient (Wildman–Crippen LogP) is 2.82. The van der Waals surface area contributed by atoms with Crippen molar-refractivity contribution in [1.29, 1.82) is 0 Å². The number of para-hydroxylation sites is 1. The minimum Gasteiger partial charge on any atom is -0.496 e. The van der Waals surface area contributed by atoms with Gasteiger partial charge in [0.2, 0.25) is 5.95 Å². The Morgan fingerprint density at radius 3 is 2.96 bits per heavy atom. The lowest BCUT2D eigenvalue weighted by atomic mass is 10.1. The van der Waals surface area contributed by atoms with E-state index < -0.39 is 0 Å². The van der Waals surface area contributed by atoms with Crippen LogP contribution in [0.2, 0.25) is 0 Å². The van der Waals surface area contributed by atoms with E-state index in [-0.39, 0.29) is 5.91 Å². The van der Waals surface area contributed by atoms with Gasteiger partial charge >= 0.3 is 0 Å². The van der Waals surface area contributed by atoms with E-state index in [1.54, 1.807) is 7.11 Å². The zero-order valence-electron chi connectivity index (χ0n) is 13.2. The molecule has 1 aromatic carbocycles. The lowest BCUT2D eigenvalue weighted by molar-refractivity contribution is 0.0905. The van der Waals surface area contributed by atoms with Gasteiger partial charge in [-0.25, -0.2) is 4.99 Å². The maximum absolute atomic E-state index is 12.1. The van der Waals surface area contributed by atoms with Crippen molar-refractivity contribution in [3.05, 3.63) is 29.8 Å². The molecule has 0 saturated heterocycles. The molecule has 120 valence electrons. The molecular weight excluding hydrogens is 294 g/mol. The van der Waals surface area contributed by atoms with Gasteiger partial charge in [0, 0.05) is 17.8 Å². The van der Waals surface area contributed by atoms with Crippen LogP contribution in [0, 0.1) is 0 Å². The van der Waals surface area contributed by atoms with E-state index in [1.165, 1.54) is 4.68 Å². The Labute approximate surface area is 134 Å². The van der Waals surface area contributed by atoms with Gasteiger partial charge in [-0.2, -0.15) is 9.67 Å². The quantitative estimate of drug-likeness (QED) is 0.887. The summed E-state index contributed by atoms with van der Waals surface area (Å²) in [6.07, 6.45) is 2.08. The van der Waals surface area contributed by atoms with Crippen LogP contribution in [-0.4, -0.2) is 33.5 Å². The van der Waals surface area contributed by atoms with E-state index in [0.29, 0.717) is 24.9 Å². The monoisotopic (exact) mass is 313 g/mol. The predicted molar refractivity (Wildman–Crippen MR) is 87.6 cm³/mol. The van der Waals surface area contributed by atoms with Crippen LogP contribution in [0.1, 0.15) is 36.5 Å². The second kappa shape index (κ2) is 6.60. The summed E-state index contributed by atoms with van der Waals surface area (Å²) in [4.78, 5) is 20.8. The van der Waals surface area contributed by atoms with Gasteiger partial charge < -0.3 is 10.1 Å². The topological polar surface area (TPSA) is 81.4 Å². The molecule has 2 aromatic rings. The maximum atomic E-state index is 12.1. The van der Waals surface area contributed by atoms with Crippen molar-refractivity contribution in [2.75, 3.05) is 12.4 Å². The molecule has 0 amide bonds. The van der Waals surface area contributed by atoms with Crippen LogP contribution in [-0.2, 0) is 6.54 Å². The van der Waals surface area contributed by atoms with Gasteiger partial charge in [0.1, 0.15) is 5.75 Å². The first-order chi connectivity index (χ1) is 11.2. The van der Waals surface area contributed by atoms with Gasteiger partial charge in [0.15, 0.2) is 0 Å². The van der Waals surface area contributed by atoms with Crippen LogP contribution in [0.25, 0.3) is 0 Å². The summed E-state index contributed by atoms with van der Waals surface area (Å²) in [6.45, 7) is 2.57. The van der Waals surface area contributed by atoms with E-state index in [4.69, 9.17) is 4.74 Å². The van der Waals surface area contributed by atoms with E-state index in [1.807, 2.05) is 24.3 Å². The molecule has 23 heavy (non-hydrogen) atoms. The number of ether oxygens (including phenoxy) is 1. The first kappa shape index (κ1) is 15.2. The molecule has 0 spiro atoms. The number of aromatic nitrogens is 3. The van der Waals surface area contributed by atoms with Crippen molar-refractivity contribution in [3.8, 4) is 5.75 Å². The molecule has 0 unspecified atom stereocenters. The maximum Gasteiger partial charge on any atom is 0.257 e. The minimum atomic E-state index is -0.0868. The van der Waals surface area contributed by atoms with E-state index in [2.05, 4.69) is 27.3 Å². The van der Waals surface area contributed by atoms with Gasteiger partial charge in [0.05, 0.1) is 13.5 Å². The molecule has 1 aliphatic rings. The molecule has 7 heteroatoms. The van der Waals surface area contributed by atoms with Crippen molar-refractivity contribution in [2.45, 2.75) is 32.7 Å². The number of nitrogens with one attached hydrogen (secondary N) is 1. The zero-order chi connectivity index (χ0) is 16.2. The fraction of sp³-hybridized carbons (Fsp3) is 0.375. The first-order valence-electron chi connectivity index (χ1n) is 7.63. The van der Waals surface area contributed by atoms with Crippen molar-refractivity contribution < 1.29 is 9.53 Å². The average Bonchev–Trinajstić information content (AvgIpc) is 2.97. The molecule has 1 aromatic heterocycles. The fourth-order valence-electron chi connectivity index (χ4n) is 2.50. The fourth-order valence-corrected chi connectivity index (χ4v) is 2.50. The Balaban J connectivity index is 1.76. The van der Waals surface area contributed by atoms with Crippen LogP contribution in [0.5, 0.6) is 5.75 Å². The number of methoxy groups -OCH3 is 1. The standard InChI is InChI=1S/C16H19N5O2/c1-3-6-12-9-14(22)21-16(18-12)19-15(20-21)17-10-11-7-4-5-8-13(11)23-2/h4-5,7-8H,3,6,9-10H2,1-2H3,(H,17,20). The summed E-state index contributed by atoms with van der Waals surface area (Å²) < 4.78 is 6.58. The summed E-state index contributed by atoms with van der Waals surface area (Å²) in [7, 11) is 1.63. The SMILES string of the molecule is CCCC1=Nc2nc(NCc3ccccc3OC)nn2C(=O)C1. The van der Waals surface area contributed by atoms with E-state index in [9.17, 15) is 4.79 Å². The van der Waals surface area contributed by atoms with E-state index in [0.717, 1.165) is 29.9 Å². The lowest BCUT2D eigenvalue weighted by Gasteiger charge is -2.09. The van der Waals surface area contributed by atoms with Gasteiger partial charge in [-0.1, -0.05) is 31.5 Å². The molecule has 3 rings (SSSR count). The number of hydrogen-bond donors (Lipinski definition) is 1. The molecule has 0 radical (unpaired) electrons. The molecule has 0 aliphatic carbocycles. The second-order valence-corrected chi connectivity index (χ2v) is 5.31. The highest BCUT2D eigenvalue weighted by atomic mass is 16.5. The van der Waals surface area contributed by atoms with Crippen molar-refractivity contribution >= 4 is 23.5 Å². The zero-order valence-corrected chi connectivity index (χ0v) is 13.2. The third-order valence-electron chi connectivity index (χ3n) is 3.61. The highest BCUT2D eigenvalue weighted by molar-refractivity contribution is 6.05. The van der Waals surface area contributed by atoms with Gasteiger partial charge in [0.25, 0.3) is 11.9 Å². The summed E-state index contributed by atoms with van der Waals surface area (Å²) in [6, 6.07) is 7.71. The summed E-state index contributed by atoms with van der Waals surface area (Å²) in [5.74, 6) is 1.45. The number of carbonyl (C=O) groups is 1. The second-order valence-electron chi connectivity index (χ2n) is 5.31. The molecule has 7 nitrogen and oxygen atoms in total. The van der Waals surface area contributed by atoms with Crippen LogP contribution < -0.4 is 10.1 Å². The van der Waals surface area contributed by atoms with Gasteiger partial charge in [-0.3, -0.25) is 4.79 Å². The van der Waals surface area contributed by atoms with Crippen LogP contribution >= 0.6 is 0 Å². The Morgan fingerprint density at radius 1 is 1.35 bits per heavy atom. The normalized spacial score (nSPS) is 13.5. The number of anilines is 1. The number of hydrogen-bond acceptors (Lipinski definition) is 6. The third kappa shape index (κ3) is 3.23. The smallest absolute Gasteiger partial charge is 0.257 e. The number of nitrogens with zero attached hydrogens (tertiary/aromatic N) is 4. The molecular formula is C16H19N5O2. The largest absolute Gasteiger partial charge is 0.496 e. The van der Waals surface area contributed by atoms with Crippen molar-refractivity contribution in [3.63, 3.8) is 0 Å². The van der Waals surface area contributed by atoms with Crippen molar-refractivity contribution in [1.82, 2.24) is 14.8 Å². The molecule has 2 heterocycles. The summed E-state index contributed by atoms with van der Waals surface area (Å²) in [5, 5.41) is 7.31. The summed E-state index contributed by atoms with van der Waals surface area (Å²) >= 11 is 0. The molecule has 0 bridgehead atoms. The molecule has 0 saturated carbocycles. The number of aliphatic imine (C=N–C) groups is 1. The molecule has 0 atom stereocenters. The Hall–Kier alpha value is -2.70. The third-order valence-corrected chi connectivity index (χ3v) is 3.61. The first-order valence-corrected chi connectivity index (χ1v) is 7.63. The number of carbonyl (C=O) groups excluding carboxylic acids is 1. The Bertz CT molecular complexity index is 751. The van der Waals surface area contributed by atoms with Crippen LogP contribution in [0.3, 0.4) is 0 Å². The Morgan fingerprint density at radius 2 is 2.17 bits per heavy atom. The minimum absolute atomic E-state index is 0.0868. The average molecular weight is 313 g/mol. The van der Waals surface area contributed by atoms with E-state index >= 15 is 0 Å². The highest BCUT2D eigenvalue weighted by Gasteiger charge is 2.22. The van der Waals surface area contributed by atoms with Crippen LogP contribution in [0.15, 0.2) is 29.3 Å². The summed E-state index contributed by atoms with van der Waals surface area (Å²) in [5.41, 5.74) is 1.86. The van der Waals surface area contributed by atoms with Gasteiger partial charge in [-0.05, 0) is 12.5 Å². The highest BCUT2D eigenvalue weighted by Crippen LogP contribution is 2.22. The molecule has 1 aliphatic heterocycles. The van der Waals surface area contributed by atoms with Crippen LogP contribution in [0.4, 0.5) is 11.9 Å². The molecule has 1 N–H and O–H groups in total. The van der Waals surface area contributed by atoms with Gasteiger partial charge in [-0.15, -0.1) is 5.10 Å². The number of benzene rings is 1. The lowest BCUT2D eigenvalue weighted by Crippen LogP contribution is -2.21. The number of fused-ring (bicyclic) bond motifs is 1. The number of rotatable bonds is 6. The molecule has 0 fully saturated rings.